The zero-order valence-electron chi connectivity index (χ0n) is 11.0. The Balaban J connectivity index is 2.06. The van der Waals surface area contributed by atoms with Crippen molar-refractivity contribution in [3.63, 3.8) is 0 Å². The molecule has 2 N–H and O–H groups in total. The molecule has 114 valence electrons. The van der Waals surface area contributed by atoms with E-state index in [0.29, 0.717) is 5.65 Å². The van der Waals surface area contributed by atoms with E-state index in [9.17, 15) is 18.0 Å². The van der Waals surface area contributed by atoms with Gasteiger partial charge in [-0.1, -0.05) is 6.07 Å². The van der Waals surface area contributed by atoms with Gasteiger partial charge in [0.2, 0.25) is 0 Å². The van der Waals surface area contributed by atoms with Gasteiger partial charge in [-0.05, 0) is 18.6 Å². The average Bonchev–Trinajstić information content (AvgIpc) is 2.86. The van der Waals surface area contributed by atoms with Crippen LogP contribution < -0.4 is 5.32 Å². The third-order valence-electron chi connectivity index (χ3n) is 2.98. The van der Waals surface area contributed by atoms with E-state index in [1.54, 1.807) is 24.4 Å². The molecule has 21 heavy (non-hydrogen) atoms. The molecule has 1 unspecified atom stereocenters. The second-order valence-electron chi connectivity index (χ2n) is 4.58. The Morgan fingerprint density at radius 1 is 1.43 bits per heavy atom. The number of fused-ring (bicyclic) bond motifs is 1. The molecule has 0 saturated heterocycles. The molecular formula is C13H14F3N3O2. The minimum Gasteiger partial charge on any atom is -0.394 e. The van der Waals surface area contributed by atoms with Gasteiger partial charge in [-0.2, -0.15) is 13.2 Å². The van der Waals surface area contributed by atoms with Crippen molar-refractivity contribution in [1.82, 2.24) is 14.7 Å². The summed E-state index contributed by atoms with van der Waals surface area (Å²) in [7, 11) is 0. The van der Waals surface area contributed by atoms with Crippen LogP contribution in [0.25, 0.3) is 5.65 Å². The molecule has 1 atom stereocenters. The van der Waals surface area contributed by atoms with Gasteiger partial charge in [0, 0.05) is 12.6 Å². The molecule has 0 aliphatic carbocycles. The quantitative estimate of drug-likeness (QED) is 0.884. The number of pyridine rings is 1. The highest BCUT2D eigenvalue weighted by Gasteiger charge is 2.28. The first-order valence-electron chi connectivity index (χ1n) is 6.31. The number of hydrogen-bond donors (Lipinski definition) is 2. The third-order valence-corrected chi connectivity index (χ3v) is 2.98. The van der Waals surface area contributed by atoms with Crippen LogP contribution in [0, 0.1) is 0 Å². The fourth-order valence-electron chi connectivity index (χ4n) is 1.91. The van der Waals surface area contributed by atoms with Crippen molar-refractivity contribution in [1.29, 1.82) is 0 Å². The zero-order valence-corrected chi connectivity index (χ0v) is 11.0. The van der Waals surface area contributed by atoms with Crippen LogP contribution in [0.1, 0.15) is 23.3 Å². The lowest BCUT2D eigenvalue weighted by molar-refractivity contribution is -0.137. The van der Waals surface area contributed by atoms with E-state index in [-0.39, 0.29) is 12.1 Å². The molecule has 2 aromatic rings. The minimum absolute atomic E-state index is 0.205. The number of amides is 1. The number of alkyl halides is 3. The number of aliphatic hydroxyl groups excluding tert-OH is 1. The molecule has 0 bridgehead atoms. The van der Waals surface area contributed by atoms with Gasteiger partial charge < -0.3 is 10.4 Å². The molecule has 0 aromatic carbocycles. The number of halogens is 3. The van der Waals surface area contributed by atoms with Gasteiger partial charge in [0.05, 0.1) is 18.8 Å². The van der Waals surface area contributed by atoms with Gasteiger partial charge in [0.25, 0.3) is 5.91 Å². The molecule has 0 saturated carbocycles. The van der Waals surface area contributed by atoms with Crippen molar-refractivity contribution in [2.75, 3.05) is 6.61 Å². The maximum Gasteiger partial charge on any atom is 0.389 e. The summed E-state index contributed by atoms with van der Waals surface area (Å²) in [5.41, 5.74) is 0.759. The summed E-state index contributed by atoms with van der Waals surface area (Å²) < 4.78 is 38.0. The van der Waals surface area contributed by atoms with Crippen molar-refractivity contribution >= 4 is 11.6 Å². The number of carbonyl (C=O) groups excluding carboxylic acids is 1. The lowest BCUT2D eigenvalue weighted by Crippen LogP contribution is -2.38. The maximum atomic E-state index is 12.2. The molecule has 0 spiro atoms. The summed E-state index contributed by atoms with van der Waals surface area (Å²) >= 11 is 0. The van der Waals surface area contributed by atoms with Crippen molar-refractivity contribution in [3.05, 3.63) is 36.3 Å². The lowest BCUT2D eigenvalue weighted by atomic mass is 10.1. The van der Waals surface area contributed by atoms with E-state index in [1.807, 2.05) is 0 Å². The van der Waals surface area contributed by atoms with Crippen molar-refractivity contribution < 1.29 is 23.1 Å². The third kappa shape index (κ3) is 3.94. The Kier molecular flexibility index (Phi) is 4.46. The van der Waals surface area contributed by atoms with E-state index in [0.717, 1.165) is 0 Å². The highest BCUT2D eigenvalue weighted by atomic mass is 19.4. The fraction of sp³-hybridized carbons (Fsp3) is 0.385. The smallest absolute Gasteiger partial charge is 0.389 e. The van der Waals surface area contributed by atoms with E-state index in [2.05, 4.69) is 10.3 Å². The van der Waals surface area contributed by atoms with Gasteiger partial charge in [-0.3, -0.25) is 9.20 Å². The topological polar surface area (TPSA) is 66.6 Å². The highest BCUT2D eigenvalue weighted by molar-refractivity contribution is 5.93. The number of hydrogen-bond acceptors (Lipinski definition) is 3. The van der Waals surface area contributed by atoms with Crippen molar-refractivity contribution in [3.8, 4) is 0 Å². The molecule has 0 fully saturated rings. The Bertz CT molecular complexity index is 624. The predicted molar refractivity (Wildman–Crippen MR) is 68.8 cm³/mol. The summed E-state index contributed by atoms with van der Waals surface area (Å²) in [6.07, 6.45) is -2.79. The number of nitrogens with zero attached hydrogens (tertiary/aromatic N) is 2. The van der Waals surface area contributed by atoms with Gasteiger partial charge in [0.1, 0.15) is 11.3 Å². The van der Waals surface area contributed by atoms with E-state index < -0.39 is 31.2 Å². The van der Waals surface area contributed by atoms with Crippen LogP contribution in [0.5, 0.6) is 0 Å². The van der Waals surface area contributed by atoms with E-state index in [1.165, 1.54) is 10.6 Å². The molecule has 0 radical (unpaired) electrons. The Labute approximate surface area is 118 Å². The molecule has 5 nitrogen and oxygen atoms in total. The lowest BCUT2D eigenvalue weighted by Gasteiger charge is -2.17. The zero-order chi connectivity index (χ0) is 15.5. The minimum atomic E-state index is -4.32. The first-order chi connectivity index (χ1) is 9.90. The van der Waals surface area contributed by atoms with E-state index >= 15 is 0 Å². The molecule has 2 aromatic heterocycles. The number of aliphatic hydroxyl groups is 1. The largest absolute Gasteiger partial charge is 0.394 e. The number of imidazole rings is 1. The van der Waals surface area contributed by atoms with Crippen LogP contribution in [-0.2, 0) is 0 Å². The molecule has 8 heteroatoms. The average molecular weight is 301 g/mol. The summed E-state index contributed by atoms with van der Waals surface area (Å²) in [6, 6.07) is 4.21. The van der Waals surface area contributed by atoms with Crippen LogP contribution in [0.4, 0.5) is 13.2 Å². The Hall–Kier alpha value is -2.09. The molecule has 2 heterocycles. The first-order valence-corrected chi connectivity index (χ1v) is 6.31. The van der Waals surface area contributed by atoms with E-state index in [4.69, 9.17) is 5.11 Å². The molecule has 0 aliphatic heterocycles. The summed E-state index contributed by atoms with van der Waals surface area (Å²) in [4.78, 5) is 16.1. The number of rotatable bonds is 5. The van der Waals surface area contributed by atoms with Gasteiger partial charge >= 0.3 is 6.18 Å². The number of aromatic nitrogens is 2. The SMILES string of the molecule is O=C(NC(CO)CCC(F)(F)F)c1cnc2ccccn12. The monoisotopic (exact) mass is 301 g/mol. The summed E-state index contributed by atoms with van der Waals surface area (Å²) in [5.74, 6) is -0.574. The molecule has 2 rings (SSSR count). The van der Waals surface area contributed by atoms with Crippen molar-refractivity contribution in [2.24, 2.45) is 0 Å². The fourth-order valence-corrected chi connectivity index (χ4v) is 1.91. The molecule has 1 amide bonds. The molecule has 0 aliphatic rings. The molecular weight excluding hydrogens is 287 g/mol. The summed E-state index contributed by atoms with van der Waals surface area (Å²) in [6.45, 7) is -0.557. The van der Waals surface area contributed by atoms with Crippen LogP contribution >= 0.6 is 0 Å². The van der Waals surface area contributed by atoms with Crippen LogP contribution in [0.3, 0.4) is 0 Å². The normalized spacial score (nSPS) is 13.3. The summed E-state index contributed by atoms with van der Waals surface area (Å²) in [5, 5.41) is 11.5. The number of carbonyl (C=O) groups is 1. The maximum absolute atomic E-state index is 12.2. The van der Waals surface area contributed by atoms with Gasteiger partial charge in [0.15, 0.2) is 0 Å². The van der Waals surface area contributed by atoms with Crippen LogP contribution in [0.15, 0.2) is 30.6 Å². The second-order valence-corrected chi connectivity index (χ2v) is 4.58. The highest BCUT2D eigenvalue weighted by Crippen LogP contribution is 2.22. The van der Waals surface area contributed by atoms with Gasteiger partial charge in [-0.25, -0.2) is 4.98 Å². The predicted octanol–water partition coefficient (Wildman–Crippen LogP) is 1.77. The first kappa shape index (κ1) is 15.3. The van der Waals surface area contributed by atoms with Crippen molar-refractivity contribution in [2.45, 2.75) is 25.1 Å². The number of nitrogens with one attached hydrogen (secondary N) is 1. The standard InChI is InChI=1S/C13H14F3N3O2/c14-13(15,16)5-4-9(8-20)18-12(21)10-7-17-11-3-1-2-6-19(10)11/h1-3,6-7,9,20H,4-5,8H2,(H,18,21). The van der Waals surface area contributed by atoms with Gasteiger partial charge in [-0.15, -0.1) is 0 Å². The Morgan fingerprint density at radius 3 is 2.86 bits per heavy atom. The second kappa shape index (κ2) is 6.13. The van der Waals surface area contributed by atoms with Crippen LogP contribution in [-0.4, -0.2) is 39.2 Å². The van der Waals surface area contributed by atoms with Crippen LogP contribution in [0.2, 0.25) is 0 Å². The Morgan fingerprint density at radius 2 is 2.19 bits per heavy atom.